The molecule has 0 fully saturated rings. The first kappa shape index (κ1) is 20.8. The Labute approximate surface area is 156 Å². The van der Waals surface area contributed by atoms with Gasteiger partial charge in [0.05, 0.1) is 11.7 Å². The molecule has 1 aliphatic heterocycles. The second kappa shape index (κ2) is 8.45. The molecule has 144 valence electrons. The van der Waals surface area contributed by atoms with Crippen molar-refractivity contribution >= 4 is 37.4 Å². The van der Waals surface area contributed by atoms with Gasteiger partial charge in [0.2, 0.25) is 10.0 Å². The lowest BCUT2D eigenvalue weighted by Crippen LogP contribution is -2.40. The van der Waals surface area contributed by atoms with Gasteiger partial charge in [-0.2, -0.15) is 4.31 Å². The van der Waals surface area contributed by atoms with Gasteiger partial charge in [0.1, 0.15) is 0 Å². The van der Waals surface area contributed by atoms with E-state index in [9.17, 15) is 18.3 Å². The fourth-order valence-electron chi connectivity index (χ4n) is 3.15. The molecule has 2 heterocycles. The number of hydrogen-bond donors (Lipinski definition) is 3. The maximum atomic E-state index is 12.7. The molecule has 0 spiro atoms. The van der Waals surface area contributed by atoms with Gasteiger partial charge in [-0.25, -0.2) is 8.42 Å². The normalized spacial score (nSPS) is 16.0. The van der Waals surface area contributed by atoms with Gasteiger partial charge in [-0.15, -0.1) is 11.3 Å². The van der Waals surface area contributed by atoms with Gasteiger partial charge in [0.25, 0.3) is 0 Å². The molecule has 7 nitrogen and oxygen atoms in total. The van der Waals surface area contributed by atoms with Crippen molar-refractivity contribution in [3.63, 3.8) is 0 Å². The van der Waals surface area contributed by atoms with Crippen molar-refractivity contribution < 1.29 is 28.8 Å². The molecule has 2 aromatic rings. The quantitative estimate of drug-likeness (QED) is 0.524. The average Bonchev–Trinajstić information content (AvgIpc) is 2.98. The number of nitrogens with zero attached hydrogens (tertiary/aromatic N) is 1. The van der Waals surface area contributed by atoms with Gasteiger partial charge < -0.3 is 5.11 Å². The van der Waals surface area contributed by atoms with E-state index in [4.69, 9.17) is 10.5 Å². The van der Waals surface area contributed by atoms with E-state index >= 15 is 0 Å². The van der Waals surface area contributed by atoms with Crippen LogP contribution in [0, 0.1) is 11.8 Å². The van der Waals surface area contributed by atoms with Crippen molar-refractivity contribution in [2.45, 2.75) is 26.8 Å². The smallest absolute Gasteiger partial charge is 0.307 e. The summed E-state index contributed by atoms with van der Waals surface area (Å²) < 4.78 is 28.0. The number of hydrogen-bond acceptors (Lipinski definition) is 6. The minimum absolute atomic E-state index is 0.220. The highest BCUT2D eigenvalue weighted by Gasteiger charge is 2.34. The number of fused-ring (bicyclic) bond motifs is 3. The minimum atomic E-state index is -3.59. The zero-order valence-corrected chi connectivity index (χ0v) is 16.3. The third-order valence-corrected chi connectivity index (χ3v) is 7.70. The van der Waals surface area contributed by atoms with Crippen LogP contribution in [0.2, 0.25) is 0 Å². The Hall–Kier alpha value is -1.52. The maximum Gasteiger partial charge on any atom is 0.307 e. The number of thiophene rings is 1. The lowest BCUT2D eigenvalue weighted by atomic mass is 9.98. The van der Waals surface area contributed by atoms with Crippen molar-refractivity contribution in [3.05, 3.63) is 34.7 Å². The van der Waals surface area contributed by atoms with Crippen LogP contribution in [0.4, 0.5) is 0 Å². The third-order valence-electron chi connectivity index (χ3n) is 4.62. The number of rotatable bonds is 5. The summed E-state index contributed by atoms with van der Waals surface area (Å²) in [6.45, 7) is 4.26. The molecular weight excluding hydrogens is 378 g/mol. The number of sulfonamides is 1. The van der Waals surface area contributed by atoms with Crippen LogP contribution in [0.3, 0.4) is 0 Å². The maximum absolute atomic E-state index is 12.7. The molecule has 0 bridgehead atoms. The van der Waals surface area contributed by atoms with E-state index in [1.165, 1.54) is 20.0 Å². The standard InChI is InChI=1S/C17H21NO4S2.H2O2/c1-11(2)14(17(19)20)10-24(21,22)18-8-7-13-12-5-3-4-6-15(12)23-16(13)9-18;1-2/h3-6,11,14H,7-10H2,1-2H3,(H,19,20);1-2H/t14-;/m1./s1. The summed E-state index contributed by atoms with van der Waals surface area (Å²) in [6.07, 6.45) is 0.679. The summed E-state index contributed by atoms with van der Waals surface area (Å²) in [4.78, 5) is 12.4. The van der Waals surface area contributed by atoms with Gasteiger partial charge in [-0.3, -0.25) is 15.3 Å². The summed E-state index contributed by atoms with van der Waals surface area (Å²) in [5, 5.41) is 22.5. The van der Waals surface area contributed by atoms with E-state index in [-0.39, 0.29) is 11.7 Å². The summed E-state index contributed by atoms with van der Waals surface area (Å²) in [6, 6.07) is 8.11. The number of carboxylic acid groups (broad SMARTS) is 1. The predicted molar refractivity (Wildman–Crippen MR) is 101 cm³/mol. The van der Waals surface area contributed by atoms with Crippen LogP contribution in [0.25, 0.3) is 10.1 Å². The minimum Gasteiger partial charge on any atom is -0.481 e. The molecule has 0 saturated heterocycles. The van der Waals surface area contributed by atoms with Gasteiger partial charge >= 0.3 is 5.97 Å². The van der Waals surface area contributed by atoms with Crippen LogP contribution >= 0.6 is 11.3 Å². The van der Waals surface area contributed by atoms with Gasteiger partial charge in [0.15, 0.2) is 0 Å². The zero-order chi connectivity index (χ0) is 19.5. The van der Waals surface area contributed by atoms with Gasteiger partial charge in [-0.05, 0) is 29.4 Å². The van der Waals surface area contributed by atoms with Crippen molar-refractivity contribution in [2.24, 2.45) is 11.8 Å². The van der Waals surface area contributed by atoms with Crippen molar-refractivity contribution in [1.29, 1.82) is 0 Å². The van der Waals surface area contributed by atoms with Crippen LogP contribution in [0.15, 0.2) is 24.3 Å². The van der Waals surface area contributed by atoms with Crippen molar-refractivity contribution in [3.8, 4) is 0 Å². The molecule has 0 unspecified atom stereocenters. The van der Waals surface area contributed by atoms with E-state index in [0.29, 0.717) is 19.5 Å². The molecule has 3 rings (SSSR count). The Morgan fingerprint density at radius 1 is 1.27 bits per heavy atom. The molecule has 0 radical (unpaired) electrons. The van der Waals surface area contributed by atoms with Crippen LogP contribution in [0.5, 0.6) is 0 Å². The molecule has 0 saturated carbocycles. The van der Waals surface area contributed by atoms with Crippen molar-refractivity contribution in [1.82, 2.24) is 4.31 Å². The molecular formula is C17H23NO6S2. The molecule has 0 aliphatic carbocycles. The summed E-state index contributed by atoms with van der Waals surface area (Å²) in [5.41, 5.74) is 1.24. The van der Waals surface area contributed by atoms with Crippen LogP contribution in [-0.4, -0.2) is 46.6 Å². The fourth-order valence-corrected chi connectivity index (χ4v) is 6.38. The van der Waals surface area contributed by atoms with E-state index in [1.807, 2.05) is 12.1 Å². The van der Waals surface area contributed by atoms with Gasteiger partial charge in [-0.1, -0.05) is 32.0 Å². The molecule has 1 atom stereocenters. The Balaban J connectivity index is 0.00000117. The van der Waals surface area contributed by atoms with E-state index in [0.717, 1.165) is 4.88 Å². The first-order chi connectivity index (χ1) is 12.3. The number of carbonyl (C=O) groups is 1. The average molecular weight is 402 g/mol. The Morgan fingerprint density at radius 2 is 1.92 bits per heavy atom. The topological polar surface area (TPSA) is 115 Å². The predicted octanol–water partition coefficient (Wildman–Crippen LogP) is 2.96. The van der Waals surface area contributed by atoms with Crippen LogP contribution in [-0.2, 0) is 27.8 Å². The second-order valence-corrected chi connectivity index (χ2v) is 9.70. The summed E-state index contributed by atoms with van der Waals surface area (Å²) in [5.74, 6) is -2.48. The lowest BCUT2D eigenvalue weighted by molar-refractivity contribution is -0.176. The zero-order valence-electron chi connectivity index (χ0n) is 14.6. The molecule has 26 heavy (non-hydrogen) atoms. The monoisotopic (exact) mass is 401 g/mol. The lowest BCUT2D eigenvalue weighted by Gasteiger charge is -2.28. The first-order valence-electron chi connectivity index (χ1n) is 8.19. The van der Waals surface area contributed by atoms with Gasteiger partial charge in [0, 0.05) is 22.7 Å². The number of carboxylic acids is 1. The highest BCUT2D eigenvalue weighted by molar-refractivity contribution is 7.89. The fraction of sp³-hybridized carbons (Fsp3) is 0.471. The SMILES string of the molecule is CC(C)[C@@H](CS(=O)(=O)N1CCc2c(sc3ccccc23)C1)C(=O)O.OO. The summed E-state index contributed by atoms with van der Waals surface area (Å²) >= 11 is 1.63. The van der Waals surface area contributed by atoms with E-state index < -0.39 is 21.9 Å². The van der Waals surface area contributed by atoms with Crippen LogP contribution < -0.4 is 0 Å². The van der Waals surface area contributed by atoms with Crippen molar-refractivity contribution in [2.75, 3.05) is 12.3 Å². The largest absolute Gasteiger partial charge is 0.481 e. The molecule has 3 N–H and O–H groups in total. The Bertz CT molecular complexity index is 875. The molecule has 0 amide bonds. The summed E-state index contributed by atoms with van der Waals surface area (Å²) in [7, 11) is -3.59. The highest BCUT2D eigenvalue weighted by Crippen LogP contribution is 2.36. The Kier molecular flexibility index (Phi) is 6.75. The Morgan fingerprint density at radius 3 is 2.54 bits per heavy atom. The molecule has 9 heteroatoms. The molecule has 1 aliphatic rings. The molecule has 1 aromatic heterocycles. The third kappa shape index (κ3) is 4.24. The molecule has 1 aromatic carbocycles. The van der Waals surface area contributed by atoms with Crippen LogP contribution in [0.1, 0.15) is 24.3 Å². The van der Waals surface area contributed by atoms with E-state index in [1.54, 1.807) is 25.2 Å². The number of aliphatic carboxylic acids is 1. The van der Waals surface area contributed by atoms with E-state index in [2.05, 4.69) is 12.1 Å². The second-order valence-electron chi connectivity index (χ2n) is 6.55. The number of benzene rings is 1. The highest BCUT2D eigenvalue weighted by atomic mass is 32.2. The first-order valence-corrected chi connectivity index (χ1v) is 10.6.